The number of benzene rings is 1. The van der Waals surface area contributed by atoms with E-state index in [0.717, 1.165) is 47.6 Å². The van der Waals surface area contributed by atoms with Gasteiger partial charge in [0.05, 0.1) is 24.9 Å². The molecule has 0 fully saturated rings. The van der Waals surface area contributed by atoms with E-state index >= 15 is 0 Å². The molecule has 2 aromatic heterocycles. The van der Waals surface area contributed by atoms with Crippen molar-refractivity contribution in [3.63, 3.8) is 0 Å². The molecule has 0 aliphatic rings. The highest BCUT2D eigenvalue weighted by Crippen LogP contribution is 2.20. The molecule has 6 nitrogen and oxygen atoms in total. The number of hydrogen-bond donors (Lipinski definition) is 2. The first-order valence-corrected chi connectivity index (χ1v) is 10.6. The van der Waals surface area contributed by atoms with E-state index in [4.69, 9.17) is 14.1 Å². The van der Waals surface area contributed by atoms with Crippen LogP contribution in [0.25, 0.3) is 0 Å². The monoisotopic (exact) mass is 412 g/mol. The first-order chi connectivity index (χ1) is 14.1. The van der Waals surface area contributed by atoms with Crippen LogP contribution in [0.5, 0.6) is 5.75 Å². The average Bonchev–Trinajstić information content (AvgIpc) is 3.41. The third kappa shape index (κ3) is 6.64. The highest BCUT2D eigenvalue weighted by atomic mass is 32.1. The summed E-state index contributed by atoms with van der Waals surface area (Å²) in [7, 11) is 1.67. The molecular formula is C22H28N4O2S. The van der Waals surface area contributed by atoms with Crippen molar-refractivity contribution in [2.45, 2.75) is 32.7 Å². The van der Waals surface area contributed by atoms with Crippen molar-refractivity contribution >= 4 is 17.3 Å². The van der Waals surface area contributed by atoms with E-state index in [1.807, 2.05) is 42.6 Å². The van der Waals surface area contributed by atoms with Gasteiger partial charge in [-0.25, -0.2) is 9.98 Å². The van der Waals surface area contributed by atoms with E-state index in [0.29, 0.717) is 12.5 Å². The molecule has 1 aromatic carbocycles. The van der Waals surface area contributed by atoms with Crippen molar-refractivity contribution in [1.82, 2.24) is 15.6 Å². The molecule has 3 aromatic rings. The average molecular weight is 413 g/mol. The maximum absolute atomic E-state index is 5.41. The van der Waals surface area contributed by atoms with Crippen molar-refractivity contribution < 1.29 is 9.15 Å². The van der Waals surface area contributed by atoms with Crippen LogP contribution in [-0.4, -0.2) is 31.1 Å². The summed E-state index contributed by atoms with van der Waals surface area (Å²) in [6.45, 7) is 6.36. The van der Waals surface area contributed by atoms with Gasteiger partial charge in [-0.2, -0.15) is 0 Å². The zero-order valence-corrected chi connectivity index (χ0v) is 18.0. The summed E-state index contributed by atoms with van der Waals surface area (Å²) in [5, 5.41) is 7.99. The molecule has 0 saturated carbocycles. The minimum atomic E-state index is 0.312. The SMILES string of the molecule is COc1ccc(CN=C(NCCc2ccco2)NCC(C)c2ncc(C)s2)cc1. The molecule has 2 N–H and O–H groups in total. The molecule has 29 heavy (non-hydrogen) atoms. The number of aliphatic imine (C=N–C) groups is 1. The topological polar surface area (TPSA) is 71.7 Å². The summed E-state index contributed by atoms with van der Waals surface area (Å²) < 4.78 is 10.6. The molecule has 0 amide bonds. The summed E-state index contributed by atoms with van der Waals surface area (Å²) in [5.74, 6) is 2.90. The fourth-order valence-electron chi connectivity index (χ4n) is 2.77. The molecule has 0 bridgehead atoms. The van der Waals surface area contributed by atoms with E-state index in [9.17, 15) is 0 Å². The number of nitrogens with zero attached hydrogens (tertiary/aromatic N) is 2. The molecule has 0 aliphatic carbocycles. The number of hydrogen-bond acceptors (Lipinski definition) is 5. The lowest BCUT2D eigenvalue weighted by molar-refractivity contribution is 0.414. The van der Waals surface area contributed by atoms with Crippen LogP contribution in [-0.2, 0) is 13.0 Å². The summed E-state index contributed by atoms with van der Waals surface area (Å²) in [5.41, 5.74) is 1.13. The van der Waals surface area contributed by atoms with Crippen LogP contribution in [0.4, 0.5) is 0 Å². The fraction of sp³-hybridized carbons (Fsp3) is 0.364. The van der Waals surface area contributed by atoms with Crippen molar-refractivity contribution in [3.8, 4) is 5.75 Å². The highest BCUT2D eigenvalue weighted by Gasteiger charge is 2.10. The minimum absolute atomic E-state index is 0.312. The lowest BCUT2D eigenvalue weighted by atomic mass is 10.2. The number of guanidine groups is 1. The van der Waals surface area contributed by atoms with Crippen LogP contribution in [0, 0.1) is 6.92 Å². The number of nitrogens with one attached hydrogen (secondary N) is 2. The zero-order chi connectivity index (χ0) is 20.5. The van der Waals surface area contributed by atoms with Crippen LogP contribution in [0.1, 0.15) is 34.1 Å². The van der Waals surface area contributed by atoms with Crippen molar-refractivity contribution in [2.75, 3.05) is 20.2 Å². The number of ether oxygens (including phenoxy) is 1. The Hall–Kier alpha value is -2.80. The van der Waals surface area contributed by atoms with E-state index in [-0.39, 0.29) is 0 Å². The predicted molar refractivity (Wildman–Crippen MR) is 118 cm³/mol. The fourth-order valence-corrected chi connectivity index (χ4v) is 3.60. The number of methoxy groups -OCH3 is 1. The molecule has 7 heteroatoms. The lowest BCUT2D eigenvalue weighted by Gasteiger charge is -2.15. The molecule has 1 atom stereocenters. The first-order valence-electron chi connectivity index (χ1n) is 9.74. The molecule has 0 radical (unpaired) electrons. The second kappa shape index (κ2) is 10.7. The summed E-state index contributed by atoms with van der Waals surface area (Å²) >= 11 is 1.74. The van der Waals surface area contributed by atoms with Gasteiger partial charge in [-0.1, -0.05) is 19.1 Å². The quantitative estimate of drug-likeness (QED) is 0.408. The zero-order valence-electron chi connectivity index (χ0n) is 17.1. The van der Waals surface area contributed by atoms with Crippen LogP contribution in [0.15, 0.2) is 58.3 Å². The summed E-state index contributed by atoms with van der Waals surface area (Å²) in [4.78, 5) is 10.5. The smallest absolute Gasteiger partial charge is 0.191 e. The number of aryl methyl sites for hydroxylation is 1. The highest BCUT2D eigenvalue weighted by molar-refractivity contribution is 7.11. The van der Waals surface area contributed by atoms with Crippen molar-refractivity contribution in [1.29, 1.82) is 0 Å². The van der Waals surface area contributed by atoms with Crippen molar-refractivity contribution in [2.24, 2.45) is 4.99 Å². The second-order valence-electron chi connectivity index (χ2n) is 6.86. The number of aromatic nitrogens is 1. The van der Waals surface area contributed by atoms with E-state index in [2.05, 4.69) is 29.5 Å². The second-order valence-corrected chi connectivity index (χ2v) is 8.13. The van der Waals surface area contributed by atoms with Gasteiger partial charge in [0.1, 0.15) is 11.5 Å². The number of rotatable bonds is 9. The Morgan fingerprint density at radius 1 is 1.24 bits per heavy atom. The Labute approximate surface area is 176 Å². The molecule has 3 rings (SSSR count). The molecule has 0 aliphatic heterocycles. The van der Waals surface area contributed by atoms with Gasteiger partial charge in [0.2, 0.25) is 0 Å². The Bertz CT molecular complexity index is 888. The van der Waals surface area contributed by atoms with Gasteiger partial charge >= 0.3 is 0 Å². The maximum atomic E-state index is 5.41. The molecule has 2 heterocycles. The van der Waals surface area contributed by atoms with Gasteiger partial charge in [0, 0.05) is 36.5 Å². The largest absolute Gasteiger partial charge is 0.497 e. The van der Waals surface area contributed by atoms with Gasteiger partial charge in [-0.05, 0) is 36.8 Å². The van der Waals surface area contributed by atoms with Gasteiger partial charge in [-0.15, -0.1) is 11.3 Å². The molecule has 0 saturated heterocycles. The Balaban J connectivity index is 1.59. The van der Waals surface area contributed by atoms with Crippen LogP contribution in [0.2, 0.25) is 0 Å². The van der Waals surface area contributed by atoms with Crippen LogP contribution >= 0.6 is 11.3 Å². The van der Waals surface area contributed by atoms with Crippen LogP contribution < -0.4 is 15.4 Å². The third-order valence-corrected chi connectivity index (χ3v) is 5.60. The number of furan rings is 1. The molecule has 154 valence electrons. The predicted octanol–water partition coefficient (Wildman–Crippen LogP) is 4.13. The molecule has 0 spiro atoms. The standard InChI is InChI=1S/C22H28N4O2S/c1-16(21-24-14-17(2)29-21)13-25-22(23-11-10-20-5-4-12-28-20)26-15-18-6-8-19(27-3)9-7-18/h4-9,12,14,16H,10-11,13,15H2,1-3H3,(H2,23,25,26). The maximum Gasteiger partial charge on any atom is 0.191 e. The van der Waals surface area contributed by atoms with Gasteiger partial charge < -0.3 is 19.8 Å². The molecule has 1 unspecified atom stereocenters. The van der Waals surface area contributed by atoms with E-state index in [1.54, 1.807) is 24.7 Å². The lowest BCUT2D eigenvalue weighted by Crippen LogP contribution is -2.40. The summed E-state index contributed by atoms with van der Waals surface area (Å²) in [6, 6.07) is 11.9. The molecular weight excluding hydrogens is 384 g/mol. The van der Waals surface area contributed by atoms with Gasteiger partial charge in [-0.3, -0.25) is 0 Å². The Morgan fingerprint density at radius 3 is 2.72 bits per heavy atom. The van der Waals surface area contributed by atoms with Crippen molar-refractivity contribution in [3.05, 3.63) is 70.1 Å². The third-order valence-electron chi connectivity index (χ3n) is 4.46. The first kappa shape index (κ1) is 20.9. The summed E-state index contributed by atoms with van der Waals surface area (Å²) in [6.07, 6.45) is 4.43. The Kier molecular flexibility index (Phi) is 7.69. The minimum Gasteiger partial charge on any atom is -0.497 e. The van der Waals surface area contributed by atoms with E-state index < -0.39 is 0 Å². The van der Waals surface area contributed by atoms with E-state index in [1.165, 1.54) is 4.88 Å². The number of thiazole rings is 1. The Morgan fingerprint density at radius 2 is 2.07 bits per heavy atom. The van der Waals surface area contributed by atoms with Crippen LogP contribution in [0.3, 0.4) is 0 Å². The van der Waals surface area contributed by atoms with Gasteiger partial charge in [0.15, 0.2) is 5.96 Å². The van der Waals surface area contributed by atoms with Gasteiger partial charge in [0.25, 0.3) is 0 Å². The normalized spacial score (nSPS) is 12.6.